The Labute approximate surface area is 195 Å². The summed E-state index contributed by atoms with van der Waals surface area (Å²) >= 11 is 0. The highest BCUT2D eigenvalue weighted by Gasteiger charge is 2.20. The Balaban J connectivity index is 1.78. The molecule has 1 amide bonds. The third-order valence-electron chi connectivity index (χ3n) is 5.24. The third-order valence-corrected chi connectivity index (χ3v) is 6.38. The van der Waals surface area contributed by atoms with Gasteiger partial charge in [-0.2, -0.15) is 0 Å². The van der Waals surface area contributed by atoms with E-state index in [1.807, 2.05) is 43.3 Å². The molecule has 33 heavy (non-hydrogen) atoms. The molecule has 7 nitrogen and oxygen atoms in total. The maximum absolute atomic E-state index is 12.8. The highest BCUT2D eigenvalue weighted by Crippen LogP contribution is 2.29. The van der Waals surface area contributed by atoms with Crippen molar-refractivity contribution in [3.8, 4) is 11.5 Å². The Bertz CT molecular complexity index is 1200. The summed E-state index contributed by atoms with van der Waals surface area (Å²) in [6.07, 6.45) is 1.17. The molecule has 0 aliphatic carbocycles. The van der Waals surface area contributed by atoms with Gasteiger partial charge in [-0.1, -0.05) is 30.3 Å². The molecule has 0 heterocycles. The van der Waals surface area contributed by atoms with Crippen molar-refractivity contribution in [1.29, 1.82) is 0 Å². The number of carbonyl (C=O) groups excluding carboxylic acids is 1. The number of nitrogens with zero attached hydrogens (tertiary/aromatic N) is 1. The first-order chi connectivity index (χ1) is 15.7. The van der Waals surface area contributed by atoms with Crippen LogP contribution in [0.5, 0.6) is 11.5 Å². The second-order valence-electron chi connectivity index (χ2n) is 7.61. The Morgan fingerprint density at radius 2 is 1.64 bits per heavy atom. The largest absolute Gasteiger partial charge is 0.497 e. The lowest BCUT2D eigenvalue weighted by Gasteiger charge is -2.23. The monoisotopic (exact) mass is 468 g/mol. The van der Waals surface area contributed by atoms with Gasteiger partial charge in [0, 0.05) is 11.1 Å². The Kier molecular flexibility index (Phi) is 7.60. The first kappa shape index (κ1) is 24.1. The van der Waals surface area contributed by atoms with Crippen LogP contribution in [-0.2, 0) is 16.6 Å². The lowest BCUT2D eigenvalue weighted by molar-refractivity contribution is 0.0939. The van der Waals surface area contributed by atoms with E-state index in [9.17, 15) is 13.2 Å². The van der Waals surface area contributed by atoms with Crippen LogP contribution in [0.2, 0.25) is 0 Å². The first-order valence-corrected chi connectivity index (χ1v) is 12.2. The van der Waals surface area contributed by atoms with Crippen LogP contribution >= 0.6 is 0 Å². The molecule has 174 valence electrons. The number of hydrogen-bond donors (Lipinski definition) is 1. The summed E-state index contributed by atoms with van der Waals surface area (Å²) in [5.74, 6) is 1.02. The van der Waals surface area contributed by atoms with E-state index in [-0.39, 0.29) is 18.5 Å². The first-order valence-electron chi connectivity index (χ1n) is 10.4. The summed E-state index contributed by atoms with van der Waals surface area (Å²) in [7, 11) is -0.363. The normalized spacial score (nSPS) is 12.0. The zero-order valence-corrected chi connectivity index (χ0v) is 19.9. The number of hydrogen-bond acceptors (Lipinski definition) is 5. The Morgan fingerprint density at radius 1 is 0.970 bits per heavy atom. The van der Waals surface area contributed by atoms with E-state index in [2.05, 4.69) is 5.32 Å². The molecule has 3 rings (SSSR count). The average Bonchev–Trinajstić information content (AvgIpc) is 2.82. The fourth-order valence-corrected chi connectivity index (χ4v) is 4.35. The maximum atomic E-state index is 12.8. The predicted molar refractivity (Wildman–Crippen MR) is 129 cm³/mol. The molecule has 0 spiro atoms. The van der Waals surface area contributed by atoms with Gasteiger partial charge in [0.1, 0.15) is 11.5 Å². The van der Waals surface area contributed by atoms with E-state index in [0.717, 1.165) is 11.1 Å². The van der Waals surface area contributed by atoms with Crippen LogP contribution in [-0.4, -0.2) is 34.8 Å². The number of nitrogens with one attached hydrogen (secondary N) is 1. The molecule has 0 aliphatic heterocycles. The zero-order valence-electron chi connectivity index (χ0n) is 19.1. The zero-order chi connectivity index (χ0) is 24.0. The van der Waals surface area contributed by atoms with Crippen molar-refractivity contribution >= 4 is 21.6 Å². The number of ether oxygens (including phenoxy) is 2. The summed E-state index contributed by atoms with van der Waals surface area (Å²) in [4.78, 5) is 12.8. The van der Waals surface area contributed by atoms with Crippen LogP contribution in [0, 0.1) is 0 Å². The second-order valence-corrected chi connectivity index (χ2v) is 9.51. The lowest BCUT2D eigenvalue weighted by Crippen LogP contribution is -2.29. The van der Waals surface area contributed by atoms with Gasteiger partial charge < -0.3 is 14.8 Å². The van der Waals surface area contributed by atoms with Crippen LogP contribution in [0.1, 0.15) is 34.5 Å². The van der Waals surface area contributed by atoms with E-state index in [1.165, 1.54) is 10.6 Å². The van der Waals surface area contributed by atoms with E-state index in [1.54, 1.807) is 50.6 Å². The van der Waals surface area contributed by atoms with Crippen molar-refractivity contribution < 1.29 is 22.7 Å². The molecule has 0 bridgehead atoms. The molecular formula is C25H28N2O5S. The smallest absolute Gasteiger partial charge is 0.251 e. The van der Waals surface area contributed by atoms with Crippen LogP contribution < -0.4 is 19.1 Å². The van der Waals surface area contributed by atoms with Crippen molar-refractivity contribution in [2.45, 2.75) is 19.5 Å². The number of anilines is 1. The SMILES string of the molecule is COc1ccc(OC)c(C(C)NC(=O)c2ccc(N(Cc3ccccc3)S(C)(=O)=O)cc2)c1. The van der Waals surface area contributed by atoms with Crippen LogP contribution in [0.4, 0.5) is 5.69 Å². The average molecular weight is 469 g/mol. The van der Waals surface area contributed by atoms with Crippen LogP contribution in [0.3, 0.4) is 0 Å². The van der Waals surface area contributed by atoms with E-state index in [0.29, 0.717) is 22.7 Å². The molecule has 3 aromatic carbocycles. The highest BCUT2D eigenvalue weighted by atomic mass is 32.2. The summed E-state index contributed by atoms with van der Waals surface area (Å²) in [6.45, 7) is 2.06. The summed E-state index contributed by atoms with van der Waals surface area (Å²) in [6, 6.07) is 20.9. The van der Waals surface area contributed by atoms with Crippen molar-refractivity contribution in [2.24, 2.45) is 0 Å². The van der Waals surface area contributed by atoms with Gasteiger partial charge in [-0.05, 0) is 55.0 Å². The topological polar surface area (TPSA) is 84.9 Å². The molecule has 0 radical (unpaired) electrons. The van der Waals surface area contributed by atoms with Gasteiger partial charge in [-0.25, -0.2) is 8.42 Å². The molecule has 1 N–H and O–H groups in total. The van der Waals surface area contributed by atoms with Gasteiger partial charge in [0.15, 0.2) is 0 Å². The van der Waals surface area contributed by atoms with Crippen molar-refractivity contribution in [2.75, 3.05) is 24.8 Å². The molecular weight excluding hydrogens is 440 g/mol. The highest BCUT2D eigenvalue weighted by molar-refractivity contribution is 7.92. The Morgan fingerprint density at radius 3 is 2.21 bits per heavy atom. The van der Waals surface area contributed by atoms with Gasteiger partial charge in [0.25, 0.3) is 5.91 Å². The van der Waals surface area contributed by atoms with E-state index < -0.39 is 10.0 Å². The number of methoxy groups -OCH3 is 2. The van der Waals surface area contributed by atoms with Gasteiger partial charge in [-0.3, -0.25) is 9.10 Å². The summed E-state index contributed by atoms with van der Waals surface area (Å²) < 4.78 is 36.8. The Hall–Kier alpha value is -3.52. The number of benzene rings is 3. The summed E-state index contributed by atoms with van der Waals surface area (Å²) in [5, 5.41) is 2.95. The molecule has 1 atom stereocenters. The van der Waals surface area contributed by atoms with Gasteiger partial charge in [-0.15, -0.1) is 0 Å². The molecule has 0 saturated carbocycles. The third kappa shape index (κ3) is 6.04. The van der Waals surface area contributed by atoms with E-state index in [4.69, 9.17) is 9.47 Å². The second kappa shape index (κ2) is 10.4. The fourth-order valence-electron chi connectivity index (χ4n) is 3.46. The molecule has 0 fully saturated rings. The maximum Gasteiger partial charge on any atom is 0.251 e. The van der Waals surface area contributed by atoms with E-state index >= 15 is 0 Å². The molecule has 0 saturated heterocycles. The minimum absolute atomic E-state index is 0.206. The van der Waals surface area contributed by atoms with Crippen LogP contribution in [0.15, 0.2) is 72.8 Å². The quantitative estimate of drug-likeness (QED) is 0.510. The standard InChI is InChI=1S/C25H28N2O5S/c1-18(23-16-22(31-2)14-15-24(23)32-3)26-25(28)20-10-12-21(13-11-20)27(33(4,29)30)17-19-8-6-5-7-9-19/h5-16,18H,17H2,1-4H3,(H,26,28). The van der Waals surface area contributed by atoms with Crippen LogP contribution in [0.25, 0.3) is 0 Å². The van der Waals surface area contributed by atoms with Crippen molar-refractivity contribution in [1.82, 2.24) is 5.32 Å². The molecule has 1 unspecified atom stereocenters. The molecule has 8 heteroatoms. The van der Waals surface area contributed by atoms with Crippen molar-refractivity contribution in [3.63, 3.8) is 0 Å². The van der Waals surface area contributed by atoms with Gasteiger partial charge in [0.2, 0.25) is 10.0 Å². The van der Waals surface area contributed by atoms with Crippen molar-refractivity contribution in [3.05, 3.63) is 89.5 Å². The minimum atomic E-state index is -3.51. The van der Waals surface area contributed by atoms with Gasteiger partial charge >= 0.3 is 0 Å². The number of carbonyl (C=O) groups is 1. The molecule has 3 aromatic rings. The minimum Gasteiger partial charge on any atom is -0.497 e. The lowest BCUT2D eigenvalue weighted by atomic mass is 10.1. The molecule has 0 aliphatic rings. The number of sulfonamides is 1. The number of rotatable bonds is 9. The summed E-state index contributed by atoms with van der Waals surface area (Å²) in [5.41, 5.74) is 2.56. The number of amides is 1. The predicted octanol–water partition coefficient (Wildman–Crippen LogP) is 4.16. The van der Waals surface area contributed by atoms with Gasteiger partial charge in [0.05, 0.1) is 38.7 Å². The molecule has 0 aromatic heterocycles. The fraction of sp³-hybridized carbons (Fsp3) is 0.240.